The van der Waals surface area contributed by atoms with Crippen molar-refractivity contribution in [3.63, 3.8) is 0 Å². The molecule has 0 spiro atoms. The molecule has 24 heavy (non-hydrogen) atoms. The molecule has 1 amide bonds. The van der Waals surface area contributed by atoms with Gasteiger partial charge in [0.15, 0.2) is 9.84 Å². The number of carbonyl (C=O) groups excluding carboxylic acids is 1. The number of nitrogens with zero attached hydrogens (tertiary/aromatic N) is 2. The number of hydrogen-bond donors (Lipinski definition) is 1. The van der Waals surface area contributed by atoms with Crippen molar-refractivity contribution >= 4 is 15.7 Å². The monoisotopic (exact) mass is 347 g/mol. The highest BCUT2D eigenvalue weighted by atomic mass is 32.2. The smallest absolute Gasteiger partial charge is 0.256 e. The molecule has 2 aromatic heterocycles. The minimum absolute atomic E-state index is 0.0828. The predicted octanol–water partition coefficient (Wildman–Crippen LogP) is 1.41. The molecule has 3 heterocycles. The third-order valence-electron chi connectivity index (χ3n) is 4.12. The lowest BCUT2D eigenvalue weighted by Crippen LogP contribution is -2.30. The maximum absolute atomic E-state index is 12.5. The zero-order valence-corrected chi connectivity index (χ0v) is 14.0. The summed E-state index contributed by atoms with van der Waals surface area (Å²) in [5.41, 5.74) is 0.363. The van der Waals surface area contributed by atoms with Gasteiger partial charge in [0.25, 0.3) is 5.91 Å². The normalized spacial score (nSPS) is 19.1. The molecule has 0 saturated carbocycles. The summed E-state index contributed by atoms with van der Waals surface area (Å²) in [5.74, 6) is 0.410. The Hall–Kier alpha value is -2.53. The summed E-state index contributed by atoms with van der Waals surface area (Å²) in [4.78, 5) is 12.5. The van der Waals surface area contributed by atoms with Crippen molar-refractivity contribution in [2.75, 3.05) is 18.1 Å². The second-order valence-corrected chi connectivity index (χ2v) is 8.12. The van der Waals surface area contributed by atoms with Gasteiger partial charge in [0.05, 0.1) is 11.5 Å². The van der Waals surface area contributed by atoms with E-state index in [1.165, 1.54) is 0 Å². The third kappa shape index (κ3) is 3.08. The highest BCUT2D eigenvalue weighted by Gasteiger charge is 2.29. The van der Waals surface area contributed by atoms with Crippen LogP contribution in [0.5, 0.6) is 0 Å². The summed E-state index contributed by atoms with van der Waals surface area (Å²) >= 11 is 0. The number of furan rings is 1. The van der Waals surface area contributed by atoms with Crippen LogP contribution in [0.3, 0.4) is 0 Å². The van der Waals surface area contributed by atoms with Crippen molar-refractivity contribution in [1.29, 1.82) is 5.26 Å². The van der Waals surface area contributed by atoms with E-state index in [9.17, 15) is 18.5 Å². The maximum Gasteiger partial charge on any atom is 0.256 e. The van der Waals surface area contributed by atoms with E-state index in [4.69, 9.17) is 4.42 Å². The summed E-state index contributed by atoms with van der Waals surface area (Å²) in [5, 5.41) is 12.2. The number of carbonyl (C=O) groups is 1. The van der Waals surface area contributed by atoms with Gasteiger partial charge >= 0.3 is 0 Å². The van der Waals surface area contributed by atoms with Gasteiger partial charge in [0.1, 0.15) is 23.0 Å². The lowest BCUT2D eigenvalue weighted by atomic mass is 10.1. The summed E-state index contributed by atoms with van der Waals surface area (Å²) in [6.07, 6.45) is 4.00. The summed E-state index contributed by atoms with van der Waals surface area (Å²) in [7, 11) is -2.98. The van der Waals surface area contributed by atoms with E-state index < -0.39 is 15.7 Å². The lowest BCUT2D eigenvalue weighted by molar-refractivity contribution is 0.0946. The topological polar surface area (TPSA) is 105 Å². The average molecular weight is 347 g/mol. The molecule has 8 heteroatoms. The molecular weight excluding hydrogens is 330 g/mol. The van der Waals surface area contributed by atoms with Gasteiger partial charge in [-0.15, -0.1) is 0 Å². The minimum Gasteiger partial charge on any atom is -0.443 e. The molecule has 0 bridgehead atoms. The fourth-order valence-electron chi connectivity index (χ4n) is 2.92. The SMILES string of the molecule is Cc1oc(-n2cccc2)c(C#N)c1C(=O)NC[C@@H]1CCS(=O)(=O)C1. The molecule has 126 valence electrons. The van der Waals surface area contributed by atoms with Gasteiger partial charge in [0, 0.05) is 18.9 Å². The third-order valence-corrected chi connectivity index (χ3v) is 5.96. The number of amides is 1. The number of nitriles is 1. The van der Waals surface area contributed by atoms with Crippen LogP contribution in [0.4, 0.5) is 0 Å². The molecule has 7 nitrogen and oxygen atoms in total. The van der Waals surface area contributed by atoms with Crippen molar-refractivity contribution in [3.05, 3.63) is 41.4 Å². The van der Waals surface area contributed by atoms with Gasteiger partial charge in [-0.05, 0) is 31.4 Å². The predicted molar refractivity (Wildman–Crippen MR) is 86.6 cm³/mol. The minimum atomic E-state index is -2.98. The molecule has 1 N–H and O–H groups in total. The number of sulfone groups is 1. The number of hydrogen-bond acceptors (Lipinski definition) is 5. The molecule has 1 atom stereocenters. The average Bonchev–Trinajstić information content (AvgIpc) is 3.23. The van der Waals surface area contributed by atoms with Crippen molar-refractivity contribution in [1.82, 2.24) is 9.88 Å². The molecule has 0 unspecified atom stereocenters. The maximum atomic E-state index is 12.5. The van der Waals surface area contributed by atoms with E-state index in [-0.39, 0.29) is 35.1 Å². The van der Waals surface area contributed by atoms with Gasteiger partial charge < -0.3 is 9.73 Å². The van der Waals surface area contributed by atoms with Crippen LogP contribution >= 0.6 is 0 Å². The van der Waals surface area contributed by atoms with E-state index in [0.29, 0.717) is 18.1 Å². The fourth-order valence-corrected chi connectivity index (χ4v) is 4.78. The van der Waals surface area contributed by atoms with Crippen molar-refractivity contribution in [3.8, 4) is 12.0 Å². The van der Waals surface area contributed by atoms with Crippen LogP contribution in [-0.4, -0.2) is 36.9 Å². The Morgan fingerprint density at radius 2 is 2.17 bits per heavy atom. The molecular formula is C16H17N3O4S. The molecule has 3 rings (SSSR count). The van der Waals surface area contributed by atoms with Crippen LogP contribution in [0.2, 0.25) is 0 Å². The molecule has 1 aliphatic rings. The van der Waals surface area contributed by atoms with Crippen molar-refractivity contribution in [2.24, 2.45) is 5.92 Å². The lowest BCUT2D eigenvalue weighted by Gasteiger charge is -2.09. The van der Waals surface area contributed by atoms with E-state index >= 15 is 0 Å². The largest absolute Gasteiger partial charge is 0.443 e. The summed E-state index contributed by atoms with van der Waals surface area (Å²) < 4.78 is 30.2. The summed E-state index contributed by atoms with van der Waals surface area (Å²) in [6.45, 7) is 1.90. The first-order chi connectivity index (χ1) is 11.4. The highest BCUT2D eigenvalue weighted by molar-refractivity contribution is 7.91. The van der Waals surface area contributed by atoms with Gasteiger partial charge in [-0.25, -0.2) is 8.42 Å². The quantitative estimate of drug-likeness (QED) is 0.900. The van der Waals surface area contributed by atoms with Crippen LogP contribution in [0.15, 0.2) is 28.9 Å². The van der Waals surface area contributed by atoms with Crippen LogP contribution in [0.25, 0.3) is 5.88 Å². The molecule has 2 aromatic rings. The molecule has 0 aromatic carbocycles. The zero-order valence-electron chi connectivity index (χ0n) is 13.2. The number of aromatic nitrogens is 1. The van der Waals surface area contributed by atoms with E-state index in [0.717, 1.165) is 0 Å². The van der Waals surface area contributed by atoms with Gasteiger partial charge in [-0.3, -0.25) is 9.36 Å². The first-order valence-corrected chi connectivity index (χ1v) is 9.39. The molecule has 1 saturated heterocycles. The highest BCUT2D eigenvalue weighted by Crippen LogP contribution is 2.25. The van der Waals surface area contributed by atoms with Gasteiger partial charge in [-0.2, -0.15) is 5.26 Å². The summed E-state index contributed by atoms with van der Waals surface area (Å²) in [6, 6.07) is 5.61. The zero-order chi connectivity index (χ0) is 17.3. The van der Waals surface area contributed by atoms with E-state index in [1.807, 2.05) is 6.07 Å². The van der Waals surface area contributed by atoms with Crippen LogP contribution in [0, 0.1) is 24.2 Å². The fraction of sp³-hybridized carbons (Fsp3) is 0.375. The Morgan fingerprint density at radius 3 is 2.75 bits per heavy atom. The standard InChI is InChI=1S/C16H17N3O4S/c1-11-14(13(8-17)16(23-11)19-5-2-3-6-19)15(20)18-9-12-4-7-24(21,22)10-12/h2-3,5-6,12H,4,7,9-10H2,1H3,(H,18,20)/t12-/m0/s1. The molecule has 1 fully saturated rings. The second kappa shape index (κ2) is 6.17. The van der Waals surface area contributed by atoms with Crippen LogP contribution in [0.1, 0.15) is 28.1 Å². The Labute approximate surface area is 139 Å². The second-order valence-electron chi connectivity index (χ2n) is 5.89. The van der Waals surface area contributed by atoms with E-state index in [1.54, 1.807) is 36.0 Å². The first-order valence-electron chi connectivity index (χ1n) is 7.56. The van der Waals surface area contributed by atoms with Gasteiger partial charge in [-0.1, -0.05) is 0 Å². The molecule has 0 radical (unpaired) electrons. The number of aryl methyl sites for hydroxylation is 1. The van der Waals surface area contributed by atoms with Crippen molar-refractivity contribution < 1.29 is 17.6 Å². The number of rotatable bonds is 4. The Balaban J connectivity index is 1.79. The Kier molecular flexibility index (Phi) is 4.20. The van der Waals surface area contributed by atoms with E-state index in [2.05, 4.69) is 5.32 Å². The van der Waals surface area contributed by atoms with Crippen molar-refractivity contribution in [2.45, 2.75) is 13.3 Å². The molecule has 0 aliphatic carbocycles. The Morgan fingerprint density at radius 1 is 1.46 bits per heavy atom. The first kappa shape index (κ1) is 16.3. The van der Waals surface area contributed by atoms with Crippen LogP contribution in [-0.2, 0) is 9.84 Å². The van der Waals surface area contributed by atoms with Crippen LogP contribution < -0.4 is 5.32 Å². The number of nitrogens with one attached hydrogen (secondary N) is 1. The molecule has 1 aliphatic heterocycles. The van der Waals surface area contributed by atoms with Gasteiger partial charge in [0.2, 0.25) is 5.88 Å². The Bertz CT molecular complexity index is 904.